The van der Waals surface area contributed by atoms with E-state index < -0.39 is 5.66 Å². The molecule has 1 N–H and O–H groups in total. The van der Waals surface area contributed by atoms with Gasteiger partial charge in [-0.25, -0.2) is 0 Å². The van der Waals surface area contributed by atoms with Gasteiger partial charge >= 0.3 is 0 Å². The van der Waals surface area contributed by atoms with Crippen molar-refractivity contribution in [3.8, 4) is 11.5 Å². The third-order valence-electron chi connectivity index (χ3n) is 6.36. The number of fused-ring (bicyclic) bond motifs is 2. The van der Waals surface area contributed by atoms with Gasteiger partial charge in [0.25, 0.3) is 11.8 Å². The fraction of sp³-hybridized carbons (Fsp3) is 0.391. The number of nitrogens with one attached hydrogen (secondary N) is 1. The van der Waals surface area contributed by atoms with Crippen molar-refractivity contribution in [1.29, 1.82) is 0 Å². The van der Waals surface area contributed by atoms with Crippen molar-refractivity contribution in [3.05, 3.63) is 53.1 Å². The van der Waals surface area contributed by atoms with Crippen LogP contribution in [0.3, 0.4) is 0 Å². The second-order valence-electron chi connectivity index (χ2n) is 8.11. The molecule has 2 aromatic rings. The van der Waals surface area contributed by atoms with E-state index in [0.717, 1.165) is 23.4 Å². The number of anilines is 1. The lowest BCUT2D eigenvalue weighted by atomic mass is 9.89. The second kappa shape index (κ2) is 6.93. The predicted octanol–water partition coefficient (Wildman–Crippen LogP) is 2.93. The van der Waals surface area contributed by atoms with Crippen molar-refractivity contribution in [2.45, 2.75) is 32.4 Å². The van der Waals surface area contributed by atoms with Gasteiger partial charge in [-0.05, 0) is 44.2 Å². The minimum atomic E-state index is -0.459. The number of likely N-dealkylation sites (tertiary alicyclic amines) is 1. The molecule has 0 atom stereocenters. The first-order valence-electron chi connectivity index (χ1n) is 10.4. The number of rotatable bonds is 2. The summed E-state index contributed by atoms with van der Waals surface area (Å²) in [4.78, 5) is 30.1. The molecule has 1 spiro atoms. The lowest BCUT2D eigenvalue weighted by Gasteiger charge is -2.52. The van der Waals surface area contributed by atoms with Crippen LogP contribution in [0.5, 0.6) is 11.5 Å². The predicted molar refractivity (Wildman–Crippen MR) is 112 cm³/mol. The second-order valence-corrected chi connectivity index (χ2v) is 8.11. The maximum absolute atomic E-state index is 13.1. The monoisotopic (exact) mass is 407 g/mol. The van der Waals surface area contributed by atoms with Crippen LogP contribution < -0.4 is 19.7 Å². The molecule has 7 nitrogen and oxygen atoms in total. The lowest BCUT2D eigenvalue weighted by molar-refractivity contribution is 0.0603. The largest absolute Gasteiger partial charge is 0.454 e. The number of benzene rings is 2. The molecule has 2 aromatic carbocycles. The summed E-state index contributed by atoms with van der Waals surface area (Å²) >= 11 is 0. The Hall–Kier alpha value is -3.22. The van der Waals surface area contributed by atoms with Crippen LogP contribution in [-0.2, 0) is 0 Å². The Balaban J connectivity index is 1.36. The number of carbonyl (C=O) groups is 2. The van der Waals surface area contributed by atoms with Crippen LogP contribution in [0.1, 0.15) is 46.0 Å². The summed E-state index contributed by atoms with van der Waals surface area (Å²) in [5.41, 5.74) is 2.90. The summed E-state index contributed by atoms with van der Waals surface area (Å²) in [7, 11) is 0. The van der Waals surface area contributed by atoms with E-state index in [9.17, 15) is 9.59 Å². The van der Waals surface area contributed by atoms with Crippen LogP contribution in [0.25, 0.3) is 0 Å². The fourth-order valence-electron chi connectivity index (χ4n) is 4.80. The number of ether oxygens (including phenoxy) is 2. The fourth-order valence-corrected chi connectivity index (χ4v) is 4.80. The Morgan fingerprint density at radius 2 is 1.87 bits per heavy atom. The van der Waals surface area contributed by atoms with Gasteiger partial charge in [-0.3, -0.25) is 9.59 Å². The summed E-state index contributed by atoms with van der Waals surface area (Å²) in [5, 5.41) is 3.26. The van der Waals surface area contributed by atoms with Crippen LogP contribution in [0.15, 0.2) is 36.4 Å². The van der Waals surface area contributed by atoms with Crippen LogP contribution >= 0.6 is 0 Å². The molecule has 0 aliphatic carbocycles. The summed E-state index contributed by atoms with van der Waals surface area (Å²) in [5.74, 6) is 1.22. The first-order chi connectivity index (χ1) is 14.5. The molecule has 0 aromatic heterocycles. The summed E-state index contributed by atoms with van der Waals surface area (Å²) in [6, 6.07) is 11.3. The highest BCUT2D eigenvalue weighted by molar-refractivity contribution is 6.03. The van der Waals surface area contributed by atoms with Crippen molar-refractivity contribution >= 4 is 17.5 Å². The smallest absolute Gasteiger partial charge is 0.255 e. The van der Waals surface area contributed by atoms with Gasteiger partial charge in [-0.15, -0.1) is 0 Å². The number of hydrogen-bond donors (Lipinski definition) is 1. The molecule has 0 bridgehead atoms. The van der Waals surface area contributed by atoms with Gasteiger partial charge in [0.15, 0.2) is 11.5 Å². The highest BCUT2D eigenvalue weighted by Gasteiger charge is 2.45. The van der Waals surface area contributed by atoms with E-state index in [1.807, 2.05) is 30.0 Å². The first kappa shape index (κ1) is 18.8. The Morgan fingerprint density at radius 1 is 1.10 bits per heavy atom. The summed E-state index contributed by atoms with van der Waals surface area (Å²) in [6.07, 6.45) is 1.35. The van der Waals surface area contributed by atoms with Crippen LogP contribution in [0.2, 0.25) is 0 Å². The highest BCUT2D eigenvalue weighted by atomic mass is 16.7. The molecule has 5 rings (SSSR count). The van der Waals surface area contributed by atoms with E-state index in [1.54, 1.807) is 18.2 Å². The molecule has 156 valence electrons. The van der Waals surface area contributed by atoms with E-state index >= 15 is 0 Å². The van der Waals surface area contributed by atoms with E-state index in [0.29, 0.717) is 43.0 Å². The minimum Gasteiger partial charge on any atom is -0.454 e. The van der Waals surface area contributed by atoms with Gasteiger partial charge in [-0.2, -0.15) is 0 Å². The molecule has 0 unspecified atom stereocenters. The average molecular weight is 407 g/mol. The van der Waals surface area contributed by atoms with Crippen LogP contribution in [0.4, 0.5) is 5.69 Å². The Bertz CT molecular complexity index is 1030. The zero-order chi connectivity index (χ0) is 20.9. The molecule has 1 fully saturated rings. The molecule has 3 heterocycles. The van der Waals surface area contributed by atoms with Gasteiger partial charge in [0.05, 0.1) is 11.3 Å². The Morgan fingerprint density at radius 3 is 2.63 bits per heavy atom. The normalized spacial score (nSPS) is 18.9. The first-order valence-corrected chi connectivity index (χ1v) is 10.4. The van der Waals surface area contributed by atoms with E-state index in [1.165, 1.54) is 0 Å². The third kappa shape index (κ3) is 2.88. The molecule has 0 saturated carbocycles. The van der Waals surface area contributed by atoms with E-state index in [-0.39, 0.29) is 18.6 Å². The average Bonchev–Trinajstić information content (AvgIpc) is 3.22. The van der Waals surface area contributed by atoms with Gasteiger partial charge in [0.1, 0.15) is 5.66 Å². The molecular formula is C23H25N3O4. The third-order valence-corrected chi connectivity index (χ3v) is 6.36. The maximum Gasteiger partial charge on any atom is 0.255 e. The minimum absolute atomic E-state index is 0.0237. The van der Waals surface area contributed by atoms with Crippen LogP contribution in [0, 0.1) is 6.92 Å². The molecule has 3 aliphatic rings. The van der Waals surface area contributed by atoms with Crippen LogP contribution in [-0.4, -0.2) is 48.8 Å². The number of nitrogens with zero attached hydrogens (tertiary/aromatic N) is 2. The van der Waals surface area contributed by atoms with Crippen molar-refractivity contribution in [1.82, 2.24) is 10.2 Å². The summed E-state index contributed by atoms with van der Waals surface area (Å²) in [6.45, 7) is 6.22. The van der Waals surface area contributed by atoms with Crippen molar-refractivity contribution in [2.75, 3.05) is 31.3 Å². The highest BCUT2D eigenvalue weighted by Crippen LogP contribution is 2.38. The molecule has 0 radical (unpaired) electrons. The van der Waals surface area contributed by atoms with Crippen molar-refractivity contribution in [2.24, 2.45) is 0 Å². The number of piperidine rings is 1. The zero-order valence-corrected chi connectivity index (χ0v) is 17.2. The Kier molecular flexibility index (Phi) is 4.34. The van der Waals surface area contributed by atoms with E-state index in [4.69, 9.17) is 9.47 Å². The maximum atomic E-state index is 13.1. The molecular weight excluding hydrogens is 382 g/mol. The SMILES string of the molecule is CCN1c2ccc(C)cc2C(=O)NC12CCN(C(=O)c1ccc3c(c1)OCO3)CC2. The number of aryl methyl sites for hydroxylation is 1. The molecule has 1 saturated heterocycles. The van der Waals surface area contributed by atoms with Gasteiger partial charge in [0, 0.05) is 38.0 Å². The molecule has 30 heavy (non-hydrogen) atoms. The lowest BCUT2D eigenvalue weighted by Crippen LogP contribution is -2.68. The Labute approximate surface area is 175 Å². The standard InChI is InChI=1S/C23H25N3O4/c1-3-26-18-6-4-15(2)12-17(18)21(27)24-23(26)8-10-25(11-9-23)22(28)16-5-7-19-20(13-16)30-14-29-19/h4-7,12-13H,3,8-11,14H2,1-2H3,(H,24,27). The molecule has 2 amide bonds. The number of hydrogen-bond acceptors (Lipinski definition) is 5. The quantitative estimate of drug-likeness (QED) is 0.829. The number of carbonyl (C=O) groups excluding carboxylic acids is 2. The van der Waals surface area contributed by atoms with Gasteiger partial charge < -0.3 is 24.6 Å². The summed E-state index contributed by atoms with van der Waals surface area (Å²) < 4.78 is 10.7. The number of amides is 2. The van der Waals surface area contributed by atoms with Gasteiger partial charge in [0.2, 0.25) is 6.79 Å². The topological polar surface area (TPSA) is 71.1 Å². The van der Waals surface area contributed by atoms with Gasteiger partial charge in [-0.1, -0.05) is 11.6 Å². The van der Waals surface area contributed by atoms with Crippen molar-refractivity contribution in [3.63, 3.8) is 0 Å². The van der Waals surface area contributed by atoms with Crippen molar-refractivity contribution < 1.29 is 19.1 Å². The molecule has 7 heteroatoms. The molecule has 3 aliphatic heterocycles. The van der Waals surface area contributed by atoms with E-state index in [2.05, 4.69) is 17.1 Å². The zero-order valence-electron chi connectivity index (χ0n) is 17.2.